The first-order valence-corrected chi connectivity index (χ1v) is 9.69. The average Bonchev–Trinajstić information content (AvgIpc) is 3.04. The summed E-state index contributed by atoms with van der Waals surface area (Å²) in [7, 11) is 1.50. The molecular weight excluding hydrogens is 397 g/mol. The van der Waals surface area contributed by atoms with Crippen LogP contribution in [0.2, 0.25) is 5.02 Å². The number of hydrogen-bond acceptors (Lipinski definition) is 5. The molecule has 4 rings (SSSR count). The number of rotatable bonds is 4. The Morgan fingerprint density at radius 3 is 2.76 bits per heavy atom. The van der Waals surface area contributed by atoms with Crippen LogP contribution < -0.4 is 9.64 Å². The molecule has 0 bridgehead atoms. The Kier molecular flexibility index (Phi) is 5.27. The molecule has 0 radical (unpaired) electrons. The van der Waals surface area contributed by atoms with Gasteiger partial charge in [-0.15, -0.1) is 0 Å². The van der Waals surface area contributed by atoms with Crippen LogP contribution in [0.1, 0.15) is 5.69 Å². The van der Waals surface area contributed by atoms with Crippen molar-refractivity contribution in [3.8, 4) is 5.75 Å². The van der Waals surface area contributed by atoms with Gasteiger partial charge in [0, 0.05) is 43.8 Å². The van der Waals surface area contributed by atoms with Gasteiger partial charge in [0.25, 0.3) is 0 Å². The molecule has 0 N–H and O–H groups in total. The fourth-order valence-electron chi connectivity index (χ4n) is 3.62. The quantitative estimate of drug-likeness (QED) is 0.653. The van der Waals surface area contributed by atoms with E-state index in [0.29, 0.717) is 43.3 Å². The molecular formula is C20H21ClFN5O2. The summed E-state index contributed by atoms with van der Waals surface area (Å²) in [5.74, 6) is -0.0102. The summed E-state index contributed by atoms with van der Waals surface area (Å²) in [5.41, 5.74) is 1.97. The van der Waals surface area contributed by atoms with Gasteiger partial charge >= 0.3 is 0 Å². The first-order valence-electron chi connectivity index (χ1n) is 9.32. The van der Waals surface area contributed by atoms with Gasteiger partial charge in [-0.1, -0.05) is 11.6 Å². The van der Waals surface area contributed by atoms with Crippen molar-refractivity contribution >= 4 is 34.2 Å². The van der Waals surface area contributed by atoms with E-state index in [4.69, 9.17) is 16.3 Å². The lowest BCUT2D eigenvalue weighted by atomic mass is 10.2. The average molecular weight is 418 g/mol. The van der Waals surface area contributed by atoms with Crippen molar-refractivity contribution in [1.82, 2.24) is 19.7 Å². The van der Waals surface area contributed by atoms with Gasteiger partial charge in [-0.05, 0) is 25.1 Å². The highest BCUT2D eigenvalue weighted by Gasteiger charge is 2.25. The van der Waals surface area contributed by atoms with Crippen LogP contribution in [0.3, 0.4) is 0 Å². The van der Waals surface area contributed by atoms with E-state index in [1.807, 2.05) is 24.0 Å². The van der Waals surface area contributed by atoms with Gasteiger partial charge in [-0.25, -0.2) is 14.1 Å². The predicted octanol–water partition coefficient (Wildman–Crippen LogP) is 2.89. The summed E-state index contributed by atoms with van der Waals surface area (Å²) in [6.45, 7) is 4.06. The summed E-state index contributed by atoms with van der Waals surface area (Å²) in [4.78, 5) is 20.8. The van der Waals surface area contributed by atoms with Crippen LogP contribution in [0.25, 0.3) is 11.0 Å². The summed E-state index contributed by atoms with van der Waals surface area (Å²) in [5, 5.41) is 5.62. The van der Waals surface area contributed by atoms with E-state index in [1.54, 1.807) is 21.8 Å². The zero-order chi connectivity index (χ0) is 20.5. The van der Waals surface area contributed by atoms with Gasteiger partial charge in [0.05, 0.1) is 23.5 Å². The lowest BCUT2D eigenvalue weighted by Gasteiger charge is -2.36. The minimum absolute atomic E-state index is 0.0335. The molecule has 1 amide bonds. The van der Waals surface area contributed by atoms with E-state index in [1.165, 1.54) is 13.2 Å². The van der Waals surface area contributed by atoms with Gasteiger partial charge in [0.15, 0.2) is 5.65 Å². The number of halogens is 2. The molecule has 1 aliphatic heterocycles. The summed E-state index contributed by atoms with van der Waals surface area (Å²) >= 11 is 5.98. The Morgan fingerprint density at radius 1 is 1.28 bits per heavy atom. The molecule has 29 heavy (non-hydrogen) atoms. The summed E-state index contributed by atoms with van der Waals surface area (Å²) in [6, 6.07) is 6.65. The van der Waals surface area contributed by atoms with Crippen LogP contribution in [-0.2, 0) is 11.3 Å². The van der Waals surface area contributed by atoms with Crippen molar-refractivity contribution < 1.29 is 13.9 Å². The number of methoxy groups -OCH3 is 1. The van der Waals surface area contributed by atoms with Crippen molar-refractivity contribution in [2.24, 2.45) is 0 Å². The van der Waals surface area contributed by atoms with E-state index >= 15 is 0 Å². The zero-order valence-corrected chi connectivity index (χ0v) is 17.0. The Balaban J connectivity index is 1.44. The van der Waals surface area contributed by atoms with Crippen molar-refractivity contribution in [1.29, 1.82) is 0 Å². The molecule has 9 heteroatoms. The first kappa shape index (κ1) is 19.4. The highest BCUT2D eigenvalue weighted by molar-refractivity contribution is 6.32. The van der Waals surface area contributed by atoms with Gasteiger partial charge < -0.3 is 14.5 Å². The first-order chi connectivity index (χ1) is 14.0. The Morgan fingerprint density at radius 2 is 2.03 bits per heavy atom. The highest BCUT2D eigenvalue weighted by atomic mass is 35.5. The lowest BCUT2D eigenvalue weighted by molar-refractivity contribution is -0.132. The molecule has 7 nitrogen and oxygen atoms in total. The molecule has 152 valence electrons. The third-order valence-corrected chi connectivity index (χ3v) is 5.47. The van der Waals surface area contributed by atoms with Crippen molar-refractivity contribution in [3.63, 3.8) is 0 Å². The van der Waals surface area contributed by atoms with Crippen molar-refractivity contribution in [3.05, 3.63) is 47.0 Å². The number of benzene rings is 1. The number of ether oxygens (including phenoxy) is 1. The van der Waals surface area contributed by atoms with E-state index in [9.17, 15) is 9.18 Å². The van der Waals surface area contributed by atoms with Crippen LogP contribution in [0, 0.1) is 12.7 Å². The minimum atomic E-state index is -0.403. The van der Waals surface area contributed by atoms with Gasteiger partial charge in [-0.3, -0.25) is 4.79 Å². The second kappa shape index (κ2) is 7.87. The second-order valence-electron chi connectivity index (χ2n) is 6.92. The van der Waals surface area contributed by atoms with Crippen molar-refractivity contribution in [2.45, 2.75) is 13.5 Å². The Hall–Kier alpha value is -2.87. The third kappa shape index (κ3) is 3.72. The topological polar surface area (TPSA) is 63.5 Å². The number of amides is 1. The van der Waals surface area contributed by atoms with E-state index < -0.39 is 5.82 Å². The van der Waals surface area contributed by atoms with E-state index in [0.717, 1.165) is 11.1 Å². The molecule has 0 aliphatic carbocycles. The van der Waals surface area contributed by atoms with Gasteiger partial charge in [0.2, 0.25) is 5.91 Å². The maximum Gasteiger partial charge on any atom is 0.244 e. The molecule has 0 atom stereocenters. The maximum absolute atomic E-state index is 14.4. The number of anilines is 1. The monoisotopic (exact) mass is 417 g/mol. The molecule has 0 unspecified atom stereocenters. The standard InChI is InChI=1S/C20H21ClFN5O2/c1-13-14-4-3-5-23-20(14)27(24-13)12-19(28)26-8-6-25(7-9-26)17-11-18(29-2)15(21)10-16(17)22/h3-5,10-11H,6-9,12H2,1-2H3. The van der Waals surface area contributed by atoms with Crippen LogP contribution in [0.4, 0.5) is 10.1 Å². The molecule has 3 aromatic rings. The number of nitrogens with zero attached hydrogens (tertiary/aromatic N) is 5. The smallest absolute Gasteiger partial charge is 0.244 e. The fourth-order valence-corrected chi connectivity index (χ4v) is 3.85. The predicted molar refractivity (Wildman–Crippen MR) is 109 cm³/mol. The number of pyridine rings is 1. The molecule has 1 aliphatic rings. The Labute approximate surface area is 172 Å². The highest BCUT2D eigenvalue weighted by Crippen LogP contribution is 2.32. The third-order valence-electron chi connectivity index (χ3n) is 5.17. The van der Waals surface area contributed by atoms with Gasteiger partial charge in [-0.2, -0.15) is 5.10 Å². The van der Waals surface area contributed by atoms with Crippen LogP contribution in [-0.4, -0.2) is 58.9 Å². The summed E-state index contributed by atoms with van der Waals surface area (Å²) in [6.07, 6.45) is 1.69. The number of hydrogen-bond donors (Lipinski definition) is 0. The van der Waals surface area contributed by atoms with Crippen molar-refractivity contribution in [2.75, 3.05) is 38.2 Å². The molecule has 0 saturated carbocycles. The molecule has 1 fully saturated rings. The number of aryl methyl sites for hydroxylation is 1. The van der Waals surface area contributed by atoms with Crippen LogP contribution in [0.15, 0.2) is 30.5 Å². The Bertz CT molecular complexity index is 1060. The molecule has 3 heterocycles. The van der Waals surface area contributed by atoms with E-state index in [-0.39, 0.29) is 17.5 Å². The van der Waals surface area contributed by atoms with E-state index in [2.05, 4.69) is 10.1 Å². The molecule has 1 aromatic carbocycles. The second-order valence-corrected chi connectivity index (χ2v) is 7.33. The number of piperazine rings is 1. The number of fused-ring (bicyclic) bond motifs is 1. The number of carbonyl (C=O) groups excluding carboxylic acids is 1. The SMILES string of the molecule is COc1cc(N2CCN(C(=O)Cn3nc(C)c4cccnc43)CC2)c(F)cc1Cl. The molecule has 2 aromatic heterocycles. The minimum Gasteiger partial charge on any atom is -0.495 e. The van der Waals surface area contributed by atoms with Crippen LogP contribution >= 0.6 is 11.6 Å². The molecule has 0 spiro atoms. The fraction of sp³-hybridized carbons (Fsp3) is 0.350. The normalized spacial score (nSPS) is 14.5. The van der Waals surface area contributed by atoms with Gasteiger partial charge in [0.1, 0.15) is 18.1 Å². The molecule has 1 saturated heterocycles. The largest absolute Gasteiger partial charge is 0.495 e. The summed E-state index contributed by atoms with van der Waals surface area (Å²) < 4.78 is 21.2. The lowest BCUT2D eigenvalue weighted by Crippen LogP contribution is -2.50. The number of aromatic nitrogens is 3. The number of carbonyl (C=O) groups is 1. The van der Waals surface area contributed by atoms with Crippen LogP contribution in [0.5, 0.6) is 5.75 Å². The maximum atomic E-state index is 14.4. The zero-order valence-electron chi connectivity index (χ0n) is 16.2.